The molecule has 202 valence electrons. The van der Waals surface area contributed by atoms with E-state index in [0.717, 1.165) is 22.3 Å². The third kappa shape index (κ3) is 7.81. The Hall–Kier alpha value is -3.35. The fourth-order valence-electron chi connectivity index (χ4n) is 4.07. The number of amides is 3. The van der Waals surface area contributed by atoms with E-state index in [0.29, 0.717) is 12.1 Å². The van der Waals surface area contributed by atoms with Gasteiger partial charge in [0.15, 0.2) is 0 Å². The van der Waals surface area contributed by atoms with Gasteiger partial charge < -0.3 is 20.3 Å². The first-order valence-electron chi connectivity index (χ1n) is 12.8. The first-order chi connectivity index (χ1) is 17.1. The summed E-state index contributed by atoms with van der Waals surface area (Å²) in [6.45, 7) is 18.6. The summed E-state index contributed by atoms with van der Waals surface area (Å²) in [7, 11) is 0. The number of aryl methyl sites for hydroxylation is 3. The Balaban J connectivity index is 2.61. The van der Waals surface area contributed by atoms with Crippen molar-refractivity contribution >= 4 is 23.6 Å². The minimum atomic E-state index is -0.926. The second-order valence-corrected chi connectivity index (χ2v) is 11.3. The van der Waals surface area contributed by atoms with E-state index in [-0.39, 0.29) is 11.8 Å². The molecule has 7 nitrogen and oxygen atoms in total. The quantitative estimate of drug-likeness (QED) is 0.442. The van der Waals surface area contributed by atoms with Crippen molar-refractivity contribution in [2.75, 3.05) is 5.32 Å². The fourth-order valence-corrected chi connectivity index (χ4v) is 4.07. The molecule has 2 atom stereocenters. The molecule has 0 bridgehead atoms. The fraction of sp³-hybridized carbons (Fsp3) is 0.500. The van der Waals surface area contributed by atoms with Crippen molar-refractivity contribution in [3.8, 4) is 0 Å². The lowest BCUT2D eigenvalue weighted by atomic mass is 9.89. The molecule has 0 aliphatic rings. The molecule has 0 aromatic heterocycles. The van der Waals surface area contributed by atoms with Gasteiger partial charge in [0.25, 0.3) is 5.91 Å². The standard InChI is InChI=1S/C30H43N3O4/c1-11-30(9,10)33(27(35)22(5)31-28(36)37-29(6,7)8)25(23-18-19(2)16-17-20(23)3)26(34)32-24-15-13-12-14-21(24)4/h12-18,22,25H,11H2,1-10H3,(H,31,36)(H,32,34). The number of carbonyl (C=O) groups excluding carboxylic acids is 3. The first kappa shape index (κ1) is 29.9. The lowest BCUT2D eigenvalue weighted by Crippen LogP contribution is -2.58. The molecule has 0 aliphatic carbocycles. The summed E-state index contributed by atoms with van der Waals surface area (Å²) in [5, 5.41) is 5.71. The summed E-state index contributed by atoms with van der Waals surface area (Å²) < 4.78 is 5.37. The van der Waals surface area contributed by atoms with Crippen LogP contribution in [0.5, 0.6) is 0 Å². The predicted molar refractivity (Wildman–Crippen MR) is 149 cm³/mol. The number of hydrogen-bond acceptors (Lipinski definition) is 4. The highest BCUT2D eigenvalue weighted by atomic mass is 16.6. The second-order valence-electron chi connectivity index (χ2n) is 11.3. The van der Waals surface area contributed by atoms with Crippen LogP contribution in [0.1, 0.15) is 83.2 Å². The summed E-state index contributed by atoms with van der Waals surface area (Å²) in [4.78, 5) is 42.2. The molecule has 2 unspecified atom stereocenters. The van der Waals surface area contributed by atoms with Gasteiger partial charge in [-0.3, -0.25) is 9.59 Å². The van der Waals surface area contributed by atoms with Crippen LogP contribution in [0, 0.1) is 20.8 Å². The molecule has 0 radical (unpaired) electrons. The lowest BCUT2D eigenvalue weighted by Gasteiger charge is -2.44. The summed E-state index contributed by atoms with van der Waals surface area (Å²) in [5.41, 5.74) is 2.82. The van der Waals surface area contributed by atoms with E-state index in [9.17, 15) is 14.4 Å². The van der Waals surface area contributed by atoms with Gasteiger partial charge in [-0.1, -0.05) is 48.9 Å². The second kappa shape index (κ2) is 11.8. The van der Waals surface area contributed by atoms with E-state index < -0.39 is 29.3 Å². The van der Waals surface area contributed by atoms with Crippen molar-refractivity contribution in [3.05, 3.63) is 64.7 Å². The van der Waals surface area contributed by atoms with Gasteiger partial charge >= 0.3 is 6.09 Å². The minimum Gasteiger partial charge on any atom is -0.444 e. The third-order valence-corrected chi connectivity index (χ3v) is 6.50. The summed E-state index contributed by atoms with van der Waals surface area (Å²) >= 11 is 0. The number of para-hydroxylation sites is 1. The maximum atomic E-state index is 14.1. The van der Waals surface area contributed by atoms with Crippen molar-refractivity contribution in [1.82, 2.24) is 10.2 Å². The van der Waals surface area contributed by atoms with Gasteiger partial charge in [-0.05, 0) is 91.5 Å². The molecule has 2 aromatic carbocycles. The van der Waals surface area contributed by atoms with Gasteiger partial charge in [0, 0.05) is 11.2 Å². The zero-order valence-corrected chi connectivity index (χ0v) is 24.0. The molecule has 37 heavy (non-hydrogen) atoms. The molecule has 0 fully saturated rings. The van der Waals surface area contributed by atoms with Crippen LogP contribution in [0.15, 0.2) is 42.5 Å². The smallest absolute Gasteiger partial charge is 0.408 e. The maximum Gasteiger partial charge on any atom is 0.408 e. The van der Waals surface area contributed by atoms with Crippen molar-refractivity contribution in [1.29, 1.82) is 0 Å². The lowest BCUT2D eigenvalue weighted by molar-refractivity contribution is -0.147. The van der Waals surface area contributed by atoms with Gasteiger partial charge in [-0.2, -0.15) is 0 Å². The molecule has 3 amide bonds. The van der Waals surface area contributed by atoms with E-state index in [1.54, 1.807) is 32.6 Å². The monoisotopic (exact) mass is 509 g/mol. The van der Waals surface area contributed by atoms with Crippen LogP contribution in [0.2, 0.25) is 0 Å². The summed E-state index contributed by atoms with van der Waals surface area (Å²) in [6, 6.07) is 11.6. The number of nitrogens with zero attached hydrogens (tertiary/aromatic N) is 1. The molecular formula is C30H43N3O4. The topological polar surface area (TPSA) is 87.7 Å². The van der Waals surface area contributed by atoms with Gasteiger partial charge in [0.1, 0.15) is 17.7 Å². The molecule has 0 spiro atoms. The molecule has 7 heteroatoms. The molecule has 0 heterocycles. The van der Waals surface area contributed by atoms with Crippen LogP contribution < -0.4 is 10.6 Å². The van der Waals surface area contributed by atoms with E-state index in [2.05, 4.69) is 10.6 Å². The largest absolute Gasteiger partial charge is 0.444 e. The molecule has 2 rings (SSSR count). The Labute approximate surface area is 222 Å². The zero-order valence-electron chi connectivity index (χ0n) is 24.0. The Kier molecular flexibility index (Phi) is 9.53. The summed E-state index contributed by atoms with van der Waals surface area (Å²) in [6.07, 6.45) is -0.0908. The van der Waals surface area contributed by atoms with E-state index in [1.807, 2.05) is 84.0 Å². The number of benzene rings is 2. The van der Waals surface area contributed by atoms with Gasteiger partial charge in [-0.15, -0.1) is 0 Å². The van der Waals surface area contributed by atoms with Crippen LogP contribution in [-0.4, -0.2) is 40.0 Å². The molecule has 0 saturated carbocycles. The Morgan fingerprint density at radius 1 is 0.946 bits per heavy atom. The van der Waals surface area contributed by atoms with E-state index in [4.69, 9.17) is 4.74 Å². The van der Waals surface area contributed by atoms with Crippen LogP contribution in [0.4, 0.5) is 10.5 Å². The highest BCUT2D eigenvalue weighted by Crippen LogP contribution is 2.35. The minimum absolute atomic E-state index is 0.317. The van der Waals surface area contributed by atoms with Gasteiger partial charge in [0.2, 0.25) is 5.91 Å². The molecule has 2 N–H and O–H groups in total. The number of anilines is 1. The van der Waals surface area contributed by atoms with Crippen LogP contribution in [-0.2, 0) is 14.3 Å². The van der Waals surface area contributed by atoms with Crippen LogP contribution >= 0.6 is 0 Å². The number of rotatable bonds is 8. The average Bonchev–Trinajstić information content (AvgIpc) is 2.78. The highest BCUT2D eigenvalue weighted by Gasteiger charge is 2.42. The third-order valence-electron chi connectivity index (χ3n) is 6.50. The Morgan fingerprint density at radius 2 is 1.57 bits per heavy atom. The van der Waals surface area contributed by atoms with Crippen molar-refractivity contribution < 1.29 is 19.1 Å². The van der Waals surface area contributed by atoms with Crippen LogP contribution in [0.25, 0.3) is 0 Å². The Bertz CT molecular complexity index is 1130. The number of ether oxygens (including phenoxy) is 1. The van der Waals surface area contributed by atoms with Crippen molar-refractivity contribution in [3.63, 3.8) is 0 Å². The Morgan fingerprint density at radius 3 is 2.14 bits per heavy atom. The normalized spacial score (nSPS) is 13.4. The maximum absolute atomic E-state index is 14.1. The number of hydrogen-bond donors (Lipinski definition) is 2. The molecular weight excluding hydrogens is 466 g/mol. The molecule has 2 aromatic rings. The first-order valence-corrected chi connectivity index (χ1v) is 12.8. The van der Waals surface area contributed by atoms with E-state index in [1.165, 1.54) is 0 Å². The molecule has 0 aliphatic heterocycles. The van der Waals surface area contributed by atoms with Crippen molar-refractivity contribution in [2.45, 2.75) is 98.9 Å². The van der Waals surface area contributed by atoms with Crippen molar-refractivity contribution in [2.24, 2.45) is 0 Å². The zero-order chi connectivity index (χ0) is 28.1. The van der Waals surface area contributed by atoms with Gasteiger partial charge in [-0.25, -0.2) is 4.79 Å². The van der Waals surface area contributed by atoms with Crippen LogP contribution in [0.3, 0.4) is 0 Å². The van der Waals surface area contributed by atoms with Gasteiger partial charge in [0.05, 0.1) is 0 Å². The SMILES string of the molecule is CCC(C)(C)N(C(=O)C(C)NC(=O)OC(C)(C)C)C(C(=O)Nc1ccccc1C)c1cc(C)ccc1C. The predicted octanol–water partition coefficient (Wildman–Crippen LogP) is 6.22. The van der Waals surface area contributed by atoms with E-state index >= 15 is 0 Å². The number of carbonyl (C=O) groups is 3. The molecule has 0 saturated heterocycles. The average molecular weight is 510 g/mol. The summed E-state index contributed by atoms with van der Waals surface area (Å²) in [5.74, 6) is -0.689. The highest BCUT2D eigenvalue weighted by molar-refractivity contribution is 5.99. The number of nitrogens with one attached hydrogen (secondary N) is 2. The number of alkyl carbamates (subject to hydrolysis) is 1.